The van der Waals surface area contributed by atoms with Crippen molar-refractivity contribution < 1.29 is 9.59 Å². The molecule has 0 fully saturated rings. The van der Waals surface area contributed by atoms with Crippen molar-refractivity contribution in [3.8, 4) is 0 Å². The molecule has 2 aromatic carbocycles. The second-order valence-corrected chi connectivity index (χ2v) is 6.87. The third-order valence-corrected chi connectivity index (χ3v) is 4.52. The number of carbonyl (C=O) groups is 2. The molecule has 0 aliphatic rings. The monoisotopic (exact) mass is 431 g/mol. The first-order chi connectivity index (χ1) is 12.3. The van der Waals surface area contributed by atoms with E-state index in [0.717, 1.165) is 21.2 Å². The fraction of sp³-hybridized carbons (Fsp3) is 0.105. The number of amides is 2. The minimum absolute atomic E-state index is 0.00286. The average Bonchev–Trinajstić information content (AvgIpc) is 2.61. The minimum Gasteiger partial charge on any atom is -0.298 e. The lowest BCUT2D eigenvalue weighted by atomic mass is 10.1. The first kappa shape index (κ1) is 19.8. The molecule has 0 atom stereocenters. The molecule has 0 aliphatic heterocycles. The van der Waals surface area contributed by atoms with Gasteiger partial charge in [-0.25, -0.2) is 0 Å². The highest BCUT2D eigenvalue weighted by Crippen LogP contribution is 2.17. The van der Waals surface area contributed by atoms with Crippen LogP contribution in [0.25, 0.3) is 6.08 Å². The van der Waals surface area contributed by atoms with Crippen molar-refractivity contribution in [2.45, 2.75) is 13.8 Å². The van der Waals surface area contributed by atoms with Crippen molar-refractivity contribution in [1.82, 2.24) is 16.2 Å². The molecule has 0 saturated carbocycles. The Morgan fingerprint density at radius 2 is 1.73 bits per heavy atom. The van der Waals surface area contributed by atoms with Gasteiger partial charge < -0.3 is 0 Å². The Labute approximate surface area is 166 Å². The lowest BCUT2D eigenvalue weighted by Crippen LogP contribution is -2.48. The van der Waals surface area contributed by atoms with E-state index in [1.807, 2.05) is 44.2 Å². The van der Waals surface area contributed by atoms with Gasteiger partial charge in [-0.3, -0.25) is 25.8 Å². The number of hydrogen-bond donors (Lipinski definition) is 3. The van der Waals surface area contributed by atoms with E-state index in [4.69, 9.17) is 12.2 Å². The Balaban J connectivity index is 1.82. The maximum atomic E-state index is 12.1. The van der Waals surface area contributed by atoms with Crippen LogP contribution in [0.4, 0.5) is 0 Å². The molecule has 2 rings (SSSR count). The molecule has 0 spiro atoms. The third-order valence-electron chi connectivity index (χ3n) is 3.46. The van der Waals surface area contributed by atoms with Crippen molar-refractivity contribution in [2.24, 2.45) is 0 Å². The van der Waals surface area contributed by atoms with E-state index in [1.165, 1.54) is 6.08 Å². The van der Waals surface area contributed by atoms with Crippen LogP contribution in [0.1, 0.15) is 27.0 Å². The number of thiocarbonyl (C=S) groups is 1. The normalized spacial score (nSPS) is 10.4. The summed E-state index contributed by atoms with van der Waals surface area (Å²) in [4.78, 5) is 23.9. The van der Waals surface area contributed by atoms with E-state index >= 15 is 0 Å². The summed E-state index contributed by atoms with van der Waals surface area (Å²) in [5, 5.41) is 2.46. The van der Waals surface area contributed by atoms with Gasteiger partial charge in [0.1, 0.15) is 0 Å². The molecule has 2 aromatic rings. The smallest absolute Gasteiger partial charge is 0.269 e. The second-order valence-electron chi connectivity index (χ2n) is 5.61. The summed E-state index contributed by atoms with van der Waals surface area (Å²) in [6.07, 6.45) is 3.05. The Bertz CT molecular complexity index is 864. The van der Waals surface area contributed by atoms with Gasteiger partial charge in [-0.05, 0) is 55.4 Å². The van der Waals surface area contributed by atoms with Gasteiger partial charge in [0.05, 0.1) is 0 Å². The zero-order chi connectivity index (χ0) is 19.1. The fourth-order valence-corrected chi connectivity index (χ4v) is 2.48. The quantitative estimate of drug-likeness (QED) is 0.395. The van der Waals surface area contributed by atoms with E-state index < -0.39 is 5.91 Å². The molecule has 0 bridgehead atoms. The fourth-order valence-electron chi connectivity index (χ4n) is 1.95. The van der Waals surface area contributed by atoms with Crippen LogP contribution in [0.3, 0.4) is 0 Å². The zero-order valence-electron chi connectivity index (χ0n) is 14.3. The van der Waals surface area contributed by atoms with Crippen LogP contribution in [-0.4, -0.2) is 16.9 Å². The molecule has 0 heterocycles. The second kappa shape index (κ2) is 9.26. The number of hydrogen-bond acceptors (Lipinski definition) is 3. The van der Waals surface area contributed by atoms with E-state index in [-0.39, 0.29) is 11.0 Å². The molecular formula is C19H18BrN3O2S. The first-order valence-corrected chi connectivity index (χ1v) is 8.97. The number of nitrogens with one attached hydrogen (secondary N) is 3. The molecule has 0 aliphatic carbocycles. The Morgan fingerprint density at radius 3 is 2.38 bits per heavy atom. The van der Waals surface area contributed by atoms with Crippen molar-refractivity contribution in [1.29, 1.82) is 0 Å². The van der Waals surface area contributed by atoms with Gasteiger partial charge in [0.15, 0.2) is 5.11 Å². The molecule has 0 saturated heterocycles. The van der Waals surface area contributed by atoms with Gasteiger partial charge in [0.2, 0.25) is 5.91 Å². The topological polar surface area (TPSA) is 70.2 Å². The predicted molar refractivity (Wildman–Crippen MR) is 110 cm³/mol. The number of halogens is 1. The summed E-state index contributed by atoms with van der Waals surface area (Å²) in [7, 11) is 0. The maximum absolute atomic E-state index is 12.1. The van der Waals surface area contributed by atoms with Crippen LogP contribution in [0.15, 0.2) is 53.0 Å². The number of carbonyl (C=O) groups excluding carboxylic acids is 2. The van der Waals surface area contributed by atoms with E-state index in [1.54, 1.807) is 18.2 Å². The Hall–Kier alpha value is -2.51. The standard InChI is InChI=1S/C19H18BrN3O2S/c1-12-3-6-14(7-4-12)8-10-17(24)21-19(26)23-22-18(25)15-9-5-13(2)16(20)11-15/h3-11H,1-2H3,(H,22,25)(H2,21,23,24,26)/b10-8+. The van der Waals surface area contributed by atoms with Crippen LogP contribution >= 0.6 is 28.1 Å². The molecule has 0 aromatic heterocycles. The van der Waals surface area contributed by atoms with Crippen LogP contribution in [-0.2, 0) is 4.79 Å². The number of benzene rings is 2. The Morgan fingerprint density at radius 1 is 1.04 bits per heavy atom. The van der Waals surface area contributed by atoms with E-state index in [0.29, 0.717) is 5.56 Å². The van der Waals surface area contributed by atoms with Crippen molar-refractivity contribution in [3.05, 3.63) is 75.3 Å². The van der Waals surface area contributed by atoms with Crippen LogP contribution in [0.5, 0.6) is 0 Å². The summed E-state index contributed by atoms with van der Waals surface area (Å²) < 4.78 is 0.835. The van der Waals surface area contributed by atoms with Gasteiger partial charge in [-0.1, -0.05) is 51.8 Å². The summed E-state index contributed by atoms with van der Waals surface area (Å²) >= 11 is 8.37. The highest BCUT2D eigenvalue weighted by atomic mass is 79.9. The zero-order valence-corrected chi connectivity index (χ0v) is 16.7. The summed E-state index contributed by atoms with van der Waals surface area (Å²) in [5.41, 5.74) is 8.48. The Kier molecular flexibility index (Phi) is 7.06. The van der Waals surface area contributed by atoms with Gasteiger partial charge in [-0.15, -0.1) is 0 Å². The lowest BCUT2D eigenvalue weighted by Gasteiger charge is -2.10. The van der Waals surface area contributed by atoms with Crippen molar-refractivity contribution in [3.63, 3.8) is 0 Å². The number of rotatable bonds is 3. The van der Waals surface area contributed by atoms with Crippen LogP contribution in [0.2, 0.25) is 0 Å². The molecule has 5 nitrogen and oxygen atoms in total. The lowest BCUT2D eigenvalue weighted by molar-refractivity contribution is -0.115. The molecule has 2 amide bonds. The van der Waals surface area contributed by atoms with Gasteiger partial charge in [0, 0.05) is 16.1 Å². The molecule has 134 valence electrons. The van der Waals surface area contributed by atoms with Crippen molar-refractivity contribution in [2.75, 3.05) is 0 Å². The average molecular weight is 432 g/mol. The molecule has 26 heavy (non-hydrogen) atoms. The largest absolute Gasteiger partial charge is 0.298 e. The summed E-state index contributed by atoms with van der Waals surface area (Å²) in [6.45, 7) is 3.92. The predicted octanol–water partition coefficient (Wildman–Crippen LogP) is 3.41. The van der Waals surface area contributed by atoms with E-state index in [9.17, 15) is 9.59 Å². The van der Waals surface area contributed by atoms with Crippen LogP contribution in [0, 0.1) is 13.8 Å². The third kappa shape index (κ3) is 6.09. The van der Waals surface area contributed by atoms with Crippen molar-refractivity contribution >= 4 is 51.2 Å². The molecule has 7 heteroatoms. The summed E-state index contributed by atoms with van der Waals surface area (Å²) in [5.74, 6) is -0.757. The molecule has 0 unspecified atom stereocenters. The van der Waals surface area contributed by atoms with Gasteiger partial charge in [-0.2, -0.15) is 0 Å². The molecule has 0 radical (unpaired) electrons. The highest BCUT2D eigenvalue weighted by molar-refractivity contribution is 9.10. The van der Waals surface area contributed by atoms with Gasteiger partial charge in [0.25, 0.3) is 5.91 Å². The van der Waals surface area contributed by atoms with Gasteiger partial charge >= 0.3 is 0 Å². The summed E-state index contributed by atoms with van der Waals surface area (Å²) in [6, 6.07) is 13.0. The number of hydrazine groups is 1. The maximum Gasteiger partial charge on any atom is 0.269 e. The minimum atomic E-state index is -0.393. The SMILES string of the molecule is Cc1ccc(/C=C/C(=O)NC(=S)NNC(=O)c2ccc(C)c(Br)c2)cc1. The van der Waals surface area contributed by atoms with Crippen LogP contribution < -0.4 is 16.2 Å². The molecule has 3 N–H and O–H groups in total. The molecular weight excluding hydrogens is 414 g/mol. The van der Waals surface area contributed by atoms with E-state index in [2.05, 4.69) is 32.1 Å². The number of aryl methyl sites for hydroxylation is 2. The first-order valence-electron chi connectivity index (χ1n) is 7.77. The highest BCUT2D eigenvalue weighted by Gasteiger charge is 2.08.